The van der Waals surface area contributed by atoms with Gasteiger partial charge in [-0.1, -0.05) is 12.1 Å². The van der Waals surface area contributed by atoms with Gasteiger partial charge in [0.1, 0.15) is 11.6 Å². The molecule has 12 heteroatoms. The van der Waals surface area contributed by atoms with Crippen molar-refractivity contribution >= 4 is 29.7 Å². The van der Waals surface area contributed by atoms with Crippen molar-refractivity contribution in [2.45, 2.75) is 30.8 Å². The quantitative estimate of drug-likeness (QED) is 0.291. The third kappa shape index (κ3) is 6.64. The van der Waals surface area contributed by atoms with Crippen molar-refractivity contribution in [1.82, 2.24) is 10.2 Å². The van der Waals surface area contributed by atoms with Crippen molar-refractivity contribution in [3.05, 3.63) is 65.0 Å². The monoisotopic (exact) mass is 497 g/mol. The molecule has 1 saturated heterocycles. The lowest BCUT2D eigenvalue weighted by Crippen LogP contribution is -2.46. The lowest BCUT2D eigenvalue weighted by atomic mass is 10.0. The van der Waals surface area contributed by atoms with E-state index in [1.165, 1.54) is 28.8 Å². The van der Waals surface area contributed by atoms with Crippen LogP contribution in [0.4, 0.5) is 18.0 Å². The van der Waals surface area contributed by atoms with Crippen LogP contribution in [0.2, 0.25) is 0 Å². The molecule has 3 rings (SSSR count). The summed E-state index contributed by atoms with van der Waals surface area (Å²) in [7, 11) is 0. The highest BCUT2D eigenvalue weighted by Crippen LogP contribution is 2.25. The zero-order valence-corrected chi connectivity index (χ0v) is 18.6. The molecule has 0 radical (unpaired) electrons. The van der Waals surface area contributed by atoms with Gasteiger partial charge < -0.3 is 25.8 Å². The van der Waals surface area contributed by atoms with Crippen LogP contribution in [0.3, 0.4) is 0 Å². The van der Waals surface area contributed by atoms with E-state index in [0.717, 1.165) is 6.07 Å². The second kappa shape index (κ2) is 11.3. The molecule has 0 bridgehead atoms. The highest BCUT2D eigenvalue weighted by Gasteiger charge is 2.35. The molecule has 34 heavy (non-hydrogen) atoms. The molecule has 0 aliphatic carbocycles. The maximum Gasteiger partial charge on any atom is 0.511 e. The fourth-order valence-corrected chi connectivity index (χ4v) is 4.57. The molecule has 1 fully saturated rings. The number of ether oxygens (including phenoxy) is 1. The molecule has 4 N–H and O–H groups in total. The molecule has 2 aromatic rings. The van der Waals surface area contributed by atoms with Crippen molar-refractivity contribution in [1.29, 1.82) is 0 Å². The minimum atomic E-state index is -1.43. The predicted octanol–water partition coefficient (Wildman–Crippen LogP) is 2.64. The Morgan fingerprint density at radius 1 is 1.15 bits per heavy atom. The van der Waals surface area contributed by atoms with Gasteiger partial charge in [-0.2, -0.15) is 0 Å². The highest BCUT2D eigenvalue weighted by molar-refractivity contribution is 8.00. The average Bonchev–Trinajstić information content (AvgIpc) is 3.26. The van der Waals surface area contributed by atoms with E-state index in [0.29, 0.717) is 23.9 Å². The summed E-state index contributed by atoms with van der Waals surface area (Å²) in [6, 6.07) is 6.40. The van der Waals surface area contributed by atoms with Crippen LogP contribution in [0.25, 0.3) is 0 Å². The number of nitrogens with two attached hydrogens (primary N) is 1. The van der Waals surface area contributed by atoms with Gasteiger partial charge in [-0.15, -0.1) is 11.8 Å². The first-order valence-electron chi connectivity index (χ1n) is 10.2. The van der Waals surface area contributed by atoms with Crippen LogP contribution >= 0.6 is 11.8 Å². The normalized spacial score (nSPS) is 16.2. The third-order valence-electron chi connectivity index (χ3n) is 5.04. The summed E-state index contributed by atoms with van der Waals surface area (Å²) in [5.41, 5.74) is 6.51. The molecule has 182 valence electrons. The van der Waals surface area contributed by atoms with Gasteiger partial charge in [0.15, 0.2) is 17.0 Å². The SMILES string of the molecule is N[C@@H](CC(=O)N1CCSC1C(=O)NCc1ccc(OC(=O)O)cc1)Cc1cc(F)c(F)cc1F. The lowest BCUT2D eigenvalue weighted by molar-refractivity contribution is -0.136. The number of carbonyl (C=O) groups excluding carboxylic acids is 2. The first kappa shape index (κ1) is 25.4. The van der Waals surface area contributed by atoms with E-state index in [9.17, 15) is 27.6 Å². The van der Waals surface area contributed by atoms with Crippen molar-refractivity contribution in [3.8, 4) is 5.75 Å². The van der Waals surface area contributed by atoms with E-state index in [2.05, 4.69) is 10.1 Å². The van der Waals surface area contributed by atoms with E-state index in [-0.39, 0.29) is 36.6 Å². The highest BCUT2D eigenvalue weighted by atomic mass is 32.2. The molecule has 1 aliphatic heterocycles. The minimum Gasteiger partial charge on any atom is -0.449 e. The summed E-state index contributed by atoms with van der Waals surface area (Å²) >= 11 is 1.28. The number of amides is 2. The molecule has 2 aromatic carbocycles. The maximum absolute atomic E-state index is 13.9. The van der Waals surface area contributed by atoms with Crippen LogP contribution in [-0.4, -0.2) is 51.7 Å². The Kier molecular flexibility index (Phi) is 8.40. The molecule has 2 amide bonds. The van der Waals surface area contributed by atoms with Crippen molar-refractivity contribution in [2.75, 3.05) is 12.3 Å². The van der Waals surface area contributed by atoms with E-state index in [1.807, 2.05) is 0 Å². The number of hydrogen-bond acceptors (Lipinski definition) is 6. The average molecular weight is 497 g/mol. The standard InChI is InChI=1S/C22H22F3N3O5S/c23-16-10-18(25)17(24)8-13(16)7-14(26)9-19(29)28-5-6-34-21(28)20(30)27-11-12-1-3-15(4-2-12)33-22(31)32/h1-4,8,10,14,21H,5-7,9,11,26H2,(H,27,30)(H,31,32)/t14-,21?/m1/s1. The number of carboxylic acid groups (broad SMARTS) is 1. The van der Waals surface area contributed by atoms with Gasteiger partial charge in [-0.3, -0.25) is 9.59 Å². The molecule has 0 spiro atoms. The van der Waals surface area contributed by atoms with Crippen molar-refractivity contribution in [2.24, 2.45) is 5.73 Å². The van der Waals surface area contributed by atoms with E-state index in [1.54, 1.807) is 12.1 Å². The molecule has 0 saturated carbocycles. The van der Waals surface area contributed by atoms with Crippen LogP contribution in [-0.2, 0) is 22.6 Å². The largest absolute Gasteiger partial charge is 0.511 e. The van der Waals surface area contributed by atoms with Gasteiger partial charge in [0.2, 0.25) is 5.91 Å². The Morgan fingerprint density at radius 3 is 2.50 bits per heavy atom. The summed E-state index contributed by atoms with van der Waals surface area (Å²) in [5, 5.41) is 10.6. The summed E-state index contributed by atoms with van der Waals surface area (Å²) < 4.78 is 44.9. The molecule has 1 heterocycles. The van der Waals surface area contributed by atoms with Crippen molar-refractivity contribution in [3.63, 3.8) is 0 Å². The van der Waals surface area contributed by atoms with Crippen LogP contribution in [0.5, 0.6) is 5.75 Å². The Balaban J connectivity index is 1.53. The first-order valence-corrected chi connectivity index (χ1v) is 11.3. The molecule has 1 aliphatic rings. The van der Waals surface area contributed by atoms with Crippen LogP contribution < -0.4 is 15.8 Å². The number of hydrogen-bond donors (Lipinski definition) is 3. The number of nitrogens with zero attached hydrogens (tertiary/aromatic N) is 1. The second-order valence-electron chi connectivity index (χ2n) is 7.57. The number of nitrogens with one attached hydrogen (secondary N) is 1. The van der Waals surface area contributed by atoms with E-state index < -0.39 is 40.9 Å². The molecular weight excluding hydrogens is 475 g/mol. The molecule has 2 atom stereocenters. The maximum atomic E-state index is 13.9. The molecule has 0 aromatic heterocycles. The number of thioether (sulfide) groups is 1. The molecule has 8 nitrogen and oxygen atoms in total. The number of halogens is 3. The molecule has 1 unspecified atom stereocenters. The summed E-state index contributed by atoms with van der Waals surface area (Å²) in [6.45, 7) is 0.481. The predicted molar refractivity (Wildman–Crippen MR) is 118 cm³/mol. The Morgan fingerprint density at radius 2 is 1.82 bits per heavy atom. The second-order valence-corrected chi connectivity index (χ2v) is 8.75. The van der Waals surface area contributed by atoms with Crippen molar-refractivity contribution < 1.29 is 37.4 Å². The zero-order valence-electron chi connectivity index (χ0n) is 17.8. The zero-order chi connectivity index (χ0) is 24.8. The van der Waals surface area contributed by atoms with Gasteiger partial charge in [-0.25, -0.2) is 18.0 Å². The Bertz CT molecular complexity index is 1070. The van der Waals surface area contributed by atoms with Gasteiger partial charge in [0.05, 0.1) is 0 Å². The topological polar surface area (TPSA) is 122 Å². The fourth-order valence-electron chi connectivity index (χ4n) is 3.41. The number of carbonyl (C=O) groups is 3. The first-order chi connectivity index (χ1) is 16.1. The lowest BCUT2D eigenvalue weighted by Gasteiger charge is -2.24. The summed E-state index contributed by atoms with van der Waals surface area (Å²) in [4.78, 5) is 37.3. The van der Waals surface area contributed by atoms with Crippen LogP contribution in [0.15, 0.2) is 36.4 Å². The molecular formula is C22H22F3N3O5S. The van der Waals surface area contributed by atoms with Gasteiger partial charge in [0.25, 0.3) is 5.91 Å². The van der Waals surface area contributed by atoms with Crippen LogP contribution in [0, 0.1) is 17.5 Å². The fraction of sp³-hybridized carbons (Fsp3) is 0.318. The third-order valence-corrected chi connectivity index (χ3v) is 6.24. The van der Waals surface area contributed by atoms with Gasteiger partial charge in [-0.05, 0) is 35.7 Å². The number of benzene rings is 2. The van der Waals surface area contributed by atoms with Crippen LogP contribution in [0.1, 0.15) is 17.5 Å². The van der Waals surface area contributed by atoms with E-state index in [4.69, 9.17) is 10.8 Å². The van der Waals surface area contributed by atoms with Gasteiger partial charge in [0, 0.05) is 37.4 Å². The number of rotatable bonds is 8. The van der Waals surface area contributed by atoms with E-state index >= 15 is 0 Å². The van der Waals surface area contributed by atoms with Gasteiger partial charge >= 0.3 is 6.16 Å². The Labute approximate surface area is 197 Å². The summed E-state index contributed by atoms with van der Waals surface area (Å²) in [6.07, 6.45) is -1.80. The Hall–Kier alpha value is -3.25. The minimum absolute atomic E-state index is 0.135. The smallest absolute Gasteiger partial charge is 0.449 e. The summed E-state index contributed by atoms with van der Waals surface area (Å²) in [5.74, 6) is -3.57.